The van der Waals surface area contributed by atoms with Gasteiger partial charge >= 0.3 is 5.97 Å². The molecule has 0 aliphatic carbocycles. The number of benzene rings is 1. The molecule has 9 nitrogen and oxygen atoms in total. The number of fused-ring (bicyclic) bond motifs is 1. The van der Waals surface area contributed by atoms with E-state index >= 15 is 0 Å². The molecule has 2 N–H and O–H groups in total. The highest BCUT2D eigenvalue weighted by Gasteiger charge is 2.15. The highest BCUT2D eigenvalue weighted by Crippen LogP contribution is 2.31. The van der Waals surface area contributed by atoms with E-state index in [0.717, 1.165) is 83.1 Å². The van der Waals surface area contributed by atoms with Crippen LogP contribution in [0.15, 0.2) is 73.3 Å². The molecule has 1 aromatic carbocycles. The van der Waals surface area contributed by atoms with Crippen LogP contribution in [0, 0.1) is 6.92 Å². The van der Waals surface area contributed by atoms with Crippen LogP contribution in [-0.2, 0) is 4.74 Å². The predicted octanol–water partition coefficient (Wildman–Crippen LogP) is 4.12. The second-order valence-corrected chi connectivity index (χ2v) is 9.58. The molecule has 0 atom stereocenters. The zero-order valence-electron chi connectivity index (χ0n) is 21.7. The molecule has 9 heteroatoms. The Bertz CT molecular complexity index is 1610. The Balaban J connectivity index is 1.19. The standard InChI is InChI=1S/C30H29N7O2/c1-20-3-2-4-26(36-20)29-28(34-19-35-29)21-5-7-25-23(15-21)16-24(18-32-25)22-6-8-27(33-17-22)30(38)39-14-13-37-11-9-31-10-12-37/h2-8,15-19,31H,9-14H2,1H3,(H,34,35). The summed E-state index contributed by atoms with van der Waals surface area (Å²) in [6, 6.07) is 17.7. The van der Waals surface area contributed by atoms with Crippen LogP contribution in [0.2, 0.25) is 0 Å². The molecular weight excluding hydrogens is 490 g/mol. The van der Waals surface area contributed by atoms with Gasteiger partial charge in [-0.3, -0.25) is 14.9 Å². The highest BCUT2D eigenvalue weighted by molar-refractivity contribution is 5.90. The minimum absolute atomic E-state index is 0.297. The summed E-state index contributed by atoms with van der Waals surface area (Å²) in [5.74, 6) is -0.407. The van der Waals surface area contributed by atoms with Gasteiger partial charge in [-0.2, -0.15) is 0 Å². The molecule has 0 unspecified atom stereocenters. The third kappa shape index (κ3) is 5.55. The molecule has 1 fully saturated rings. The Labute approximate surface area is 226 Å². The first-order valence-electron chi connectivity index (χ1n) is 13.1. The molecule has 1 aliphatic rings. The van der Waals surface area contributed by atoms with Crippen LogP contribution >= 0.6 is 0 Å². The lowest BCUT2D eigenvalue weighted by atomic mass is 10.0. The number of hydrogen-bond donors (Lipinski definition) is 2. The summed E-state index contributed by atoms with van der Waals surface area (Å²) in [6.07, 6.45) is 5.20. The van der Waals surface area contributed by atoms with Gasteiger partial charge in [0.2, 0.25) is 0 Å². The fraction of sp³-hybridized carbons (Fsp3) is 0.233. The summed E-state index contributed by atoms with van der Waals surface area (Å²) < 4.78 is 5.44. The van der Waals surface area contributed by atoms with Crippen molar-refractivity contribution in [2.75, 3.05) is 39.3 Å². The third-order valence-corrected chi connectivity index (χ3v) is 6.89. The van der Waals surface area contributed by atoms with Gasteiger partial charge in [0.05, 0.1) is 28.9 Å². The number of aromatic nitrogens is 5. The van der Waals surface area contributed by atoms with E-state index < -0.39 is 5.97 Å². The molecule has 0 saturated carbocycles. The number of esters is 1. The van der Waals surface area contributed by atoms with E-state index in [1.54, 1.807) is 18.6 Å². The van der Waals surface area contributed by atoms with Gasteiger partial charge in [0.1, 0.15) is 12.3 Å². The number of piperazine rings is 1. The van der Waals surface area contributed by atoms with Gasteiger partial charge in [-0.25, -0.2) is 14.8 Å². The minimum Gasteiger partial charge on any atom is -0.460 e. The summed E-state index contributed by atoms with van der Waals surface area (Å²) in [7, 11) is 0. The van der Waals surface area contributed by atoms with Crippen molar-refractivity contribution < 1.29 is 9.53 Å². The lowest BCUT2D eigenvalue weighted by Gasteiger charge is -2.26. The number of carbonyl (C=O) groups is 1. The normalized spacial score (nSPS) is 14.0. The van der Waals surface area contributed by atoms with Crippen molar-refractivity contribution >= 4 is 16.9 Å². The van der Waals surface area contributed by atoms with Crippen molar-refractivity contribution in [2.24, 2.45) is 0 Å². The summed E-state index contributed by atoms with van der Waals surface area (Å²) in [6.45, 7) is 6.95. The monoisotopic (exact) mass is 519 g/mol. The zero-order chi connectivity index (χ0) is 26.6. The molecule has 4 aromatic heterocycles. The van der Waals surface area contributed by atoms with Crippen LogP contribution in [0.25, 0.3) is 44.7 Å². The van der Waals surface area contributed by atoms with Gasteiger partial charge in [-0.05, 0) is 43.3 Å². The van der Waals surface area contributed by atoms with E-state index in [1.165, 1.54) is 0 Å². The van der Waals surface area contributed by atoms with E-state index in [4.69, 9.17) is 4.74 Å². The van der Waals surface area contributed by atoms with Crippen molar-refractivity contribution in [1.29, 1.82) is 0 Å². The molecular formula is C30H29N7O2. The molecule has 196 valence electrons. The third-order valence-electron chi connectivity index (χ3n) is 6.89. The molecule has 39 heavy (non-hydrogen) atoms. The summed E-state index contributed by atoms with van der Waals surface area (Å²) in [5, 5.41) is 4.30. The SMILES string of the molecule is Cc1cccc(-c2[nH]cnc2-c2ccc3ncc(-c4ccc(C(=O)OCCN5CCNCC5)nc4)cc3c2)n1. The lowest BCUT2D eigenvalue weighted by Crippen LogP contribution is -2.44. The van der Waals surface area contributed by atoms with Gasteiger partial charge in [0, 0.05) is 72.9 Å². The maximum atomic E-state index is 12.5. The van der Waals surface area contributed by atoms with E-state index in [0.29, 0.717) is 12.3 Å². The summed E-state index contributed by atoms with van der Waals surface area (Å²) >= 11 is 0. The second kappa shape index (κ2) is 11.1. The van der Waals surface area contributed by atoms with Gasteiger partial charge in [-0.1, -0.05) is 18.2 Å². The molecule has 5 heterocycles. The Hall–Kier alpha value is -4.47. The van der Waals surface area contributed by atoms with Crippen molar-refractivity contribution in [1.82, 2.24) is 35.1 Å². The van der Waals surface area contributed by atoms with Crippen LogP contribution in [0.5, 0.6) is 0 Å². The number of aryl methyl sites for hydroxylation is 1. The smallest absolute Gasteiger partial charge is 0.356 e. The number of H-pyrrole nitrogens is 1. The van der Waals surface area contributed by atoms with Gasteiger partial charge in [-0.15, -0.1) is 0 Å². The lowest BCUT2D eigenvalue weighted by molar-refractivity contribution is 0.0449. The molecule has 1 saturated heterocycles. The number of imidazole rings is 1. The Morgan fingerprint density at radius 2 is 1.77 bits per heavy atom. The molecule has 0 spiro atoms. The number of nitrogens with one attached hydrogen (secondary N) is 2. The number of aromatic amines is 1. The predicted molar refractivity (Wildman–Crippen MR) is 150 cm³/mol. The van der Waals surface area contributed by atoms with Gasteiger partial charge in [0.15, 0.2) is 0 Å². The van der Waals surface area contributed by atoms with Crippen LogP contribution in [0.3, 0.4) is 0 Å². The fourth-order valence-corrected chi connectivity index (χ4v) is 4.79. The van der Waals surface area contributed by atoms with Crippen molar-refractivity contribution in [2.45, 2.75) is 6.92 Å². The van der Waals surface area contributed by atoms with Gasteiger partial charge < -0.3 is 15.0 Å². The minimum atomic E-state index is -0.407. The number of ether oxygens (including phenoxy) is 1. The topological polar surface area (TPSA) is 109 Å². The first-order valence-corrected chi connectivity index (χ1v) is 13.1. The molecule has 5 aromatic rings. The van der Waals surface area contributed by atoms with E-state index in [9.17, 15) is 4.79 Å². The molecule has 0 radical (unpaired) electrons. The molecule has 0 amide bonds. The average molecular weight is 520 g/mol. The summed E-state index contributed by atoms with van der Waals surface area (Å²) in [5.41, 5.74) is 7.44. The number of hydrogen-bond acceptors (Lipinski definition) is 8. The van der Waals surface area contributed by atoms with Crippen molar-refractivity contribution in [3.05, 3.63) is 84.7 Å². The summed E-state index contributed by atoms with van der Waals surface area (Å²) in [4.78, 5) is 36.2. The Morgan fingerprint density at radius 3 is 2.59 bits per heavy atom. The maximum absolute atomic E-state index is 12.5. The Morgan fingerprint density at radius 1 is 0.949 bits per heavy atom. The molecule has 0 bridgehead atoms. The van der Waals surface area contributed by atoms with E-state index in [2.05, 4.69) is 47.3 Å². The van der Waals surface area contributed by atoms with E-state index in [-0.39, 0.29) is 0 Å². The van der Waals surface area contributed by atoms with E-state index in [1.807, 2.05) is 49.5 Å². The molecule has 1 aliphatic heterocycles. The van der Waals surface area contributed by atoms with Crippen LogP contribution in [-0.4, -0.2) is 75.1 Å². The number of nitrogens with zero attached hydrogens (tertiary/aromatic N) is 5. The molecule has 6 rings (SSSR count). The largest absolute Gasteiger partial charge is 0.460 e. The van der Waals surface area contributed by atoms with Crippen LogP contribution < -0.4 is 5.32 Å². The first kappa shape index (κ1) is 24.8. The number of pyridine rings is 3. The first-order chi connectivity index (χ1) is 19.1. The van der Waals surface area contributed by atoms with Crippen molar-refractivity contribution in [3.8, 4) is 33.8 Å². The van der Waals surface area contributed by atoms with Crippen LogP contribution in [0.4, 0.5) is 0 Å². The quantitative estimate of drug-likeness (QED) is 0.309. The second-order valence-electron chi connectivity index (χ2n) is 9.58. The highest BCUT2D eigenvalue weighted by atomic mass is 16.5. The number of rotatable bonds is 7. The number of carbonyl (C=O) groups excluding carboxylic acids is 1. The maximum Gasteiger partial charge on any atom is 0.356 e. The van der Waals surface area contributed by atoms with Gasteiger partial charge in [0.25, 0.3) is 0 Å². The Kier molecular flexibility index (Phi) is 7.07. The van der Waals surface area contributed by atoms with Crippen LogP contribution in [0.1, 0.15) is 16.2 Å². The average Bonchev–Trinajstić information content (AvgIpc) is 3.47. The fourth-order valence-electron chi connectivity index (χ4n) is 4.79. The zero-order valence-corrected chi connectivity index (χ0v) is 21.7. The van der Waals surface area contributed by atoms with Crippen molar-refractivity contribution in [3.63, 3.8) is 0 Å².